The molecule has 0 aromatic heterocycles. The summed E-state index contributed by atoms with van der Waals surface area (Å²) in [6, 6.07) is 6.86. The quantitative estimate of drug-likeness (QED) is 0.839. The van der Waals surface area contributed by atoms with Crippen LogP contribution in [0.15, 0.2) is 24.3 Å². The molecular weight excluding hydrogens is 283 g/mol. The molecule has 1 amide bonds. The van der Waals surface area contributed by atoms with Crippen molar-refractivity contribution in [1.29, 1.82) is 0 Å². The number of carbonyl (C=O) groups excluding carboxylic acids is 1. The van der Waals surface area contributed by atoms with E-state index in [1.807, 2.05) is 39.8 Å². The SMILES string of the molecule is CC(c1ccccc1F)N1CCN(C(=O)OC(C)(C)C)CC1. The molecule has 1 aromatic rings. The number of piperazine rings is 1. The van der Waals surface area contributed by atoms with Gasteiger partial charge >= 0.3 is 6.09 Å². The number of rotatable bonds is 2. The fourth-order valence-corrected chi connectivity index (χ4v) is 2.63. The van der Waals surface area contributed by atoms with Gasteiger partial charge in [-0.05, 0) is 33.8 Å². The predicted molar refractivity (Wildman–Crippen MR) is 84.2 cm³/mol. The first kappa shape index (κ1) is 16.7. The highest BCUT2D eigenvalue weighted by atomic mass is 19.1. The van der Waals surface area contributed by atoms with Gasteiger partial charge in [-0.1, -0.05) is 18.2 Å². The van der Waals surface area contributed by atoms with Crippen LogP contribution in [0.1, 0.15) is 39.3 Å². The zero-order valence-electron chi connectivity index (χ0n) is 13.8. The maximum Gasteiger partial charge on any atom is 0.410 e. The third-order valence-corrected chi connectivity index (χ3v) is 3.87. The van der Waals surface area contributed by atoms with E-state index in [0.717, 1.165) is 13.1 Å². The molecule has 0 bridgehead atoms. The van der Waals surface area contributed by atoms with Gasteiger partial charge in [0.25, 0.3) is 0 Å². The van der Waals surface area contributed by atoms with E-state index in [-0.39, 0.29) is 18.0 Å². The maximum atomic E-state index is 13.9. The van der Waals surface area contributed by atoms with Crippen molar-refractivity contribution in [3.05, 3.63) is 35.6 Å². The summed E-state index contributed by atoms with van der Waals surface area (Å²) >= 11 is 0. The minimum absolute atomic E-state index is 0.00184. The Kier molecular flexibility index (Phi) is 5.06. The number of ether oxygens (including phenoxy) is 1. The molecule has 0 aliphatic carbocycles. The first-order chi connectivity index (χ1) is 10.3. The fourth-order valence-electron chi connectivity index (χ4n) is 2.63. The normalized spacial score (nSPS) is 18.1. The third-order valence-electron chi connectivity index (χ3n) is 3.87. The molecule has 1 atom stereocenters. The van der Waals surface area contributed by atoms with E-state index in [0.29, 0.717) is 18.7 Å². The fraction of sp³-hybridized carbons (Fsp3) is 0.588. The Bertz CT molecular complexity index is 520. The van der Waals surface area contributed by atoms with E-state index in [1.54, 1.807) is 11.0 Å². The van der Waals surface area contributed by atoms with E-state index in [9.17, 15) is 9.18 Å². The van der Waals surface area contributed by atoms with Crippen molar-refractivity contribution in [1.82, 2.24) is 9.80 Å². The number of hydrogen-bond acceptors (Lipinski definition) is 3. The Morgan fingerprint density at radius 2 is 1.77 bits per heavy atom. The molecule has 22 heavy (non-hydrogen) atoms. The van der Waals surface area contributed by atoms with E-state index in [1.165, 1.54) is 6.07 Å². The van der Waals surface area contributed by atoms with E-state index >= 15 is 0 Å². The van der Waals surface area contributed by atoms with E-state index in [4.69, 9.17) is 4.74 Å². The van der Waals surface area contributed by atoms with Gasteiger partial charge in [0.2, 0.25) is 0 Å². The van der Waals surface area contributed by atoms with Crippen molar-refractivity contribution >= 4 is 6.09 Å². The summed E-state index contributed by atoms with van der Waals surface area (Å²) in [7, 11) is 0. The van der Waals surface area contributed by atoms with E-state index in [2.05, 4.69) is 4.90 Å². The van der Waals surface area contributed by atoms with Crippen molar-refractivity contribution in [3.8, 4) is 0 Å². The minimum Gasteiger partial charge on any atom is -0.444 e. The number of nitrogens with zero attached hydrogens (tertiary/aromatic N) is 2. The molecule has 0 spiro atoms. The standard InChI is InChI=1S/C17H25FN2O2/c1-13(14-7-5-6-8-15(14)18)19-9-11-20(12-10-19)16(21)22-17(2,3)4/h5-8,13H,9-12H2,1-4H3. The number of amides is 1. The zero-order chi connectivity index (χ0) is 16.3. The summed E-state index contributed by atoms with van der Waals surface area (Å²) < 4.78 is 19.3. The Labute approximate surface area is 131 Å². The molecule has 1 heterocycles. The summed E-state index contributed by atoms with van der Waals surface area (Å²) in [4.78, 5) is 16.0. The van der Waals surface area contributed by atoms with Gasteiger partial charge in [0.05, 0.1) is 0 Å². The lowest BCUT2D eigenvalue weighted by Crippen LogP contribution is -2.50. The van der Waals surface area contributed by atoms with Crippen LogP contribution in [-0.2, 0) is 4.74 Å². The van der Waals surface area contributed by atoms with Crippen LogP contribution in [0.2, 0.25) is 0 Å². The summed E-state index contributed by atoms with van der Waals surface area (Å²) in [6.45, 7) is 10.2. The molecule has 0 saturated carbocycles. The van der Waals surface area contributed by atoms with Crippen LogP contribution < -0.4 is 0 Å². The second-order valence-electron chi connectivity index (χ2n) is 6.70. The number of halogens is 1. The molecule has 1 aromatic carbocycles. The van der Waals surface area contributed by atoms with Crippen LogP contribution in [0.5, 0.6) is 0 Å². The Balaban J connectivity index is 1.92. The van der Waals surface area contributed by atoms with Gasteiger partial charge in [-0.15, -0.1) is 0 Å². The van der Waals surface area contributed by atoms with E-state index < -0.39 is 5.60 Å². The number of hydrogen-bond donors (Lipinski definition) is 0. The van der Waals surface area contributed by atoms with Gasteiger partial charge in [0.15, 0.2) is 0 Å². The predicted octanol–water partition coefficient (Wildman–Crippen LogP) is 3.44. The molecule has 122 valence electrons. The monoisotopic (exact) mass is 308 g/mol. The van der Waals surface area contributed by atoms with Crippen LogP contribution in [0, 0.1) is 5.82 Å². The lowest BCUT2D eigenvalue weighted by molar-refractivity contribution is 0.0109. The highest BCUT2D eigenvalue weighted by Gasteiger charge is 2.28. The molecule has 1 unspecified atom stereocenters. The van der Waals surface area contributed by atoms with Gasteiger partial charge in [-0.25, -0.2) is 9.18 Å². The van der Waals surface area contributed by atoms with Gasteiger partial charge in [-0.3, -0.25) is 4.90 Å². The minimum atomic E-state index is -0.478. The summed E-state index contributed by atoms with van der Waals surface area (Å²) in [5.74, 6) is -0.176. The summed E-state index contributed by atoms with van der Waals surface area (Å²) in [5.41, 5.74) is 0.225. The molecule has 0 N–H and O–H groups in total. The van der Waals surface area contributed by atoms with Crippen molar-refractivity contribution in [3.63, 3.8) is 0 Å². The lowest BCUT2D eigenvalue weighted by Gasteiger charge is -2.38. The van der Waals surface area contributed by atoms with Crippen LogP contribution in [0.25, 0.3) is 0 Å². The van der Waals surface area contributed by atoms with Crippen LogP contribution >= 0.6 is 0 Å². The molecule has 1 fully saturated rings. The third kappa shape index (κ3) is 4.19. The van der Waals surface area contributed by atoms with Crippen molar-refractivity contribution < 1.29 is 13.9 Å². The summed E-state index contributed by atoms with van der Waals surface area (Å²) in [6.07, 6.45) is -0.273. The largest absolute Gasteiger partial charge is 0.444 e. The maximum absolute atomic E-state index is 13.9. The van der Waals surface area contributed by atoms with Crippen LogP contribution in [0.3, 0.4) is 0 Å². The zero-order valence-corrected chi connectivity index (χ0v) is 13.8. The first-order valence-corrected chi connectivity index (χ1v) is 7.74. The Morgan fingerprint density at radius 3 is 2.32 bits per heavy atom. The smallest absolute Gasteiger partial charge is 0.410 e. The lowest BCUT2D eigenvalue weighted by atomic mass is 10.1. The van der Waals surface area contributed by atoms with Crippen LogP contribution in [0.4, 0.5) is 9.18 Å². The molecule has 5 heteroatoms. The average Bonchev–Trinajstić information content (AvgIpc) is 2.45. The second-order valence-corrected chi connectivity index (χ2v) is 6.70. The number of carbonyl (C=O) groups is 1. The first-order valence-electron chi connectivity index (χ1n) is 7.74. The van der Waals surface area contributed by atoms with Gasteiger partial charge in [-0.2, -0.15) is 0 Å². The van der Waals surface area contributed by atoms with Crippen molar-refractivity contribution in [2.45, 2.75) is 39.3 Å². The highest BCUT2D eigenvalue weighted by molar-refractivity contribution is 5.68. The van der Waals surface area contributed by atoms with Gasteiger partial charge < -0.3 is 9.64 Å². The second kappa shape index (κ2) is 6.65. The molecule has 1 aliphatic heterocycles. The molecule has 1 aliphatic rings. The molecular formula is C17H25FN2O2. The number of benzene rings is 1. The van der Waals surface area contributed by atoms with Gasteiger partial charge in [0.1, 0.15) is 11.4 Å². The van der Waals surface area contributed by atoms with Crippen molar-refractivity contribution in [2.75, 3.05) is 26.2 Å². The van der Waals surface area contributed by atoms with Crippen molar-refractivity contribution in [2.24, 2.45) is 0 Å². The topological polar surface area (TPSA) is 32.8 Å². The Hall–Kier alpha value is -1.62. The molecule has 1 saturated heterocycles. The van der Waals surface area contributed by atoms with Crippen LogP contribution in [-0.4, -0.2) is 47.7 Å². The Morgan fingerprint density at radius 1 is 1.18 bits per heavy atom. The summed E-state index contributed by atoms with van der Waals surface area (Å²) in [5, 5.41) is 0. The molecule has 4 nitrogen and oxygen atoms in total. The van der Waals surface area contributed by atoms with Gasteiger partial charge in [0, 0.05) is 37.8 Å². The molecule has 0 radical (unpaired) electrons. The molecule has 2 rings (SSSR count). The average molecular weight is 308 g/mol. The highest BCUT2D eigenvalue weighted by Crippen LogP contribution is 2.24.